The van der Waals surface area contributed by atoms with Crippen LogP contribution in [0.2, 0.25) is 0 Å². The summed E-state index contributed by atoms with van der Waals surface area (Å²) in [7, 11) is 1.47. The Bertz CT molecular complexity index is 806. The van der Waals surface area contributed by atoms with Crippen LogP contribution in [0.4, 0.5) is 0 Å². The number of aromatic nitrogens is 1. The Balaban J connectivity index is 2.09. The largest absolute Gasteiger partial charge is 0.462 e. The Hall–Kier alpha value is -2.60. The maximum absolute atomic E-state index is 12.4. The highest BCUT2D eigenvalue weighted by Gasteiger charge is 2.26. The number of ether oxygens (including phenoxy) is 2. The summed E-state index contributed by atoms with van der Waals surface area (Å²) in [6.45, 7) is 2.49. The highest BCUT2D eigenvalue weighted by atomic mass is 16.5. The summed E-state index contributed by atoms with van der Waals surface area (Å²) in [6.07, 6.45) is 2.22. The summed E-state index contributed by atoms with van der Waals surface area (Å²) in [5, 5.41) is 1.06. The average Bonchev–Trinajstić information content (AvgIpc) is 2.83. The number of methoxy groups -OCH3 is 1. The van der Waals surface area contributed by atoms with Gasteiger partial charge in [-0.3, -0.25) is 4.79 Å². The van der Waals surface area contributed by atoms with E-state index in [4.69, 9.17) is 9.47 Å². The maximum atomic E-state index is 12.4. The van der Waals surface area contributed by atoms with E-state index >= 15 is 0 Å². The van der Waals surface area contributed by atoms with E-state index < -0.39 is 5.97 Å². The van der Waals surface area contributed by atoms with Crippen LogP contribution in [0.1, 0.15) is 18.2 Å². The second-order valence-electron chi connectivity index (χ2n) is 5.56. The molecule has 0 bridgehead atoms. The molecule has 0 fully saturated rings. The number of rotatable bonds is 4. The summed E-state index contributed by atoms with van der Waals surface area (Å²) < 4.78 is 10.1. The lowest BCUT2D eigenvalue weighted by molar-refractivity contribution is -0.136. The topological polar surface area (TPSA) is 71.6 Å². The van der Waals surface area contributed by atoms with Crippen molar-refractivity contribution in [2.75, 3.05) is 26.9 Å². The molecule has 0 atom stereocenters. The summed E-state index contributed by atoms with van der Waals surface area (Å²) in [5.41, 5.74) is 3.08. The molecule has 0 saturated carbocycles. The molecule has 0 spiro atoms. The second-order valence-corrected chi connectivity index (χ2v) is 5.56. The summed E-state index contributed by atoms with van der Waals surface area (Å²) in [4.78, 5) is 29.5. The molecule has 3 rings (SSSR count). The molecule has 1 amide bonds. The van der Waals surface area contributed by atoms with Crippen LogP contribution in [0.5, 0.6) is 0 Å². The van der Waals surface area contributed by atoms with Crippen molar-refractivity contribution in [2.24, 2.45) is 0 Å². The number of nitrogens with zero attached hydrogens (tertiary/aromatic N) is 1. The van der Waals surface area contributed by atoms with Gasteiger partial charge in [0.2, 0.25) is 0 Å². The van der Waals surface area contributed by atoms with E-state index in [2.05, 4.69) is 4.98 Å². The van der Waals surface area contributed by atoms with Crippen molar-refractivity contribution in [1.82, 2.24) is 9.88 Å². The number of hydrogen-bond donors (Lipinski definition) is 1. The van der Waals surface area contributed by atoms with Crippen LogP contribution in [-0.2, 0) is 25.5 Å². The molecule has 6 heteroatoms. The first-order chi connectivity index (χ1) is 11.7. The fourth-order valence-electron chi connectivity index (χ4n) is 2.97. The highest BCUT2D eigenvalue weighted by Crippen LogP contribution is 2.31. The van der Waals surface area contributed by atoms with Crippen molar-refractivity contribution >= 4 is 28.4 Å². The van der Waals surface area contributed by atoms with Gasteiger partial charge >= 0.3 is 5.97 Å². The minimum Gasteiger partial charge on any atom is -0.462 e. The summed E-state index contributed by atoms with van der Waals surface area (Å²) in [5.74, 6) is -0.629. The molecule has 1 N–H and O–H groups in total. The Kier molecular flexibility index (Phi) is 4.66. The third-order valence-electron chi connectivity index (χ3n) is 4.05. The number of aromatic amines is 1. The smallest absolute Gasteiger partial charge is 0.341 e. The zero-order valence-corrected chi connectivity index (χ0v) is 13.8. The van der Waals surface area contributed by atoms with E-state index in [-0.39, 0.29) is 19.1 Å². The number of fused-ring (bicyclic) bond motifs is 3. The number of benzene rings is 1. The van der Waals surface area contributed by atoms with Crippen molar-refractivity contribution in [3.05, 3.63) is 41.7 Å². The molecule has 1 aliphatic heterocycles. The number of carbonyl (C=O) groups excluding carboxylic acids is 2. The minimum atomic E-state index is -0.442. The van der Waals surface area contributed by atoms with E-state index in [1.165, 1.54) is 12.0 Å². The van der Waals surface area contributed by atoms with Crippen molar-refractivity contribution in [3.8, 4) is 0 Å². The first-order valence-corrected chi connectivity index (χ1v) is 7.93. The number of nitrogens with one attached hydrogen (secondary N) is 1. The van der Waals surface area contributed by atoms with E-state index in [0.717, 1.165) is 22.2 Å². The molecule has 24 heavy (non-hydrogen) atoms. The van der Waals surface area contributed by atoms with Gasteiger partial charge in [0.1, 0.15) is 6.61 Å². The van der Waals surface area contributed by atoms with Crippen LogP contribution in [0.25, 0.3) is 16.5 Å². The molecule has 1 aromatic heterocycles. The third-order valence-corrected chi connectivity index (χ3v) is 4.05. The normalized spacial score (nSPS) is 14.1. The molecule has 2 heterocycles. The SMILES string of the molecule is CCOC(=O)C1=CN(C(=O)COC)CCc2c1[nH]c1ccccc21. The maximum Gasteiger partial charge on any atom is 0.341 e. The van der Waals surface area contributed by atoms with Gasteiger partial charge in [-0.05, 0) is 25.0 Å². The lowest BCUT2D eigenvalue weighted by atomic mass is 10.0. The van der Waals surface area contributed by atoms with Gasteiger partial charge < -0.3 is 19.4 Å². The Labute approximate surface area is 140 Å². The van der Waals surface area contributed by atoms with Gasteiger partial charge in [0.15, 0.2) is 0 Å². The quantitative estimate of drug-likeness (QED) is 0.873. The van der Waals surface area contributed by atoms with Gasteiger partial charge in [-0.15, -0.1) is 0 Å². The molecule has 1 aromatic carbocycles. The van der Waals surface area contributed by atoms with Crippen LogP contribution in [0.15, 0.2) is 30.5 Å². The fraction of sp³-hybridized carbons (Fsp3) is 0.333. The van der Waals surface area contributed by atoms with Crippen LogP contribution in [0.3, 0.4) is 0 Å². The number of para-hydroxylation sites is 1. The predicted octanol–water partition coefficient (Wildman–Crippen LogP) is 2.10. The van der Waals surface area contributed by atoms with Gasteiger partial charge in [0.05, 0.1) is 17.9 Å². The number of H-pyrrole nitrogens is 1. The number of hydrogen-bond acceptors (Lipinski definition) is 4. The van der Waals surface area contributed by atoms with Crippen molar-refractivity contribution in [1.29, 1.82) is 0 Å². The second kappa shape index (κ2) is 6.88. The monoisotopic (exact) mass is 328 g/mol. The van der Waals surface area contributed by atoms with Gasteiger partial charge in [-0.1, -0.05) is 18.2 Å². The van der Waals surface area contributed by atoms with Gasteiger partial charge in [0.25, 0.3) is 5.91 Å². The molecular formula is C18H20N2O4. The third kappa shape index (κ3) is 2.92. The highest BCUT2D eigenvalue weighted by molar-refractivity contribution is 6.18. The number of esters is 1. The van der Waals surface area contributed by atoms with Gasteiger partial charge in [0, 0.05) is 30.8 Å². The van der Waals surface area contributed by atoms with E-state index in [0.29, 0.717) is 18.5 Å². The zero-order valence-electron chi connectivity index (χ0n) is 13.8. The summed E-state index contributed by atoms with van der Waals surface area (Å²) in [6, 6.07) is 7.89. The molecule has 1 aliphatic rings. The molecule has 0 radical (unpaired) electrons. The number of amides is 1. The average molecular weight is 328 g/mol. The Morgan fingerprint density at radius 3 is 2.83 bits per heavy atom. The van der Waals surface area contributed by atoms with E-state index in [9.17, 15) is 9.59 Å². The molecule has 2 aromatic rings. The standard InChI is InChI=1S/C18H20N2O4/c1-3-24-18(22)14-10-20(16(21)11-23-2)9-8-13-12-6-4-5-7-15(12)19-17(13)14/h4-7,10,19H,3,8-9,11H2,1-2H3. The van der Waals surface area contributed by atoms with Gasteiger partial charge in [-0.2, -0.15) is 0 Å². The van der Waals surface area contributed by atoms with Crippen molar-refractivity contribution in [2.45, 2.75) is 13.3 Å². The molecule has 0 aliphatic carbocycles. The van der Waals surface area contributed by atoms with E-state index in [1.807, 2.05) is 24.3 Å². The van der Waals surface area contributed by atoms with Gasteiger partial charge in [-0.25, -0.2) is 4.79 Å². The lowest BCUT2D eigenvalue weighted by Crippen LogP contribution is -2.30. The predicted molar refractivity (Wildman–Crippen MR) is 90.2 cm³/mol. The number of carbonyl (C=O) groups is 2. The Morgan fingerprint density at radius 2 is 2.08 bits per heavy atom. The first-order valence-electron chi connectivity index (χ1n) is 7.93. The minimum absolute atomic E-state index is 0.0265. The first kappa shape index (κ1) is 16.3. The van der Waals surface area contributed by atoms with Crippen LogP contribution in [-0.4, -0.2) is 48.6 Å². The molecule has 0 unspecified atom stereocenters. The zero-order chi connectivity index (χ0) is 17.1. The lowest BCUT2D eigenvalue weighted by Gasteiger charge is -2.17. The van der Waals surface area contributed by atoms with Crippen LogP contribution >= 0.6 is 0 Å². The molecule has 126 valence electrons. The summed E-state index contributed by atoms with van der Waals surface area (Å²) >= 11 is 0. The molecular weight excluding hydrogens is 308 g/mol. The molecule has 0 saturated heterocycles. The van der Waals surface area contributed by atoms with Crippen LogP contribution in [0, 0.1) is 0 Å². The van der Waals surface area contributed by atoms with Crippen LogP contribution < -0.4 is 0 Å². The van der Waals surface area contributed by atoms with Crippen molar-refractivity contribution in [3.63, 3.8) is 0 Å². The van der Waals surface area contributed by atoms with E-state index in [1.54, 1.807) is 13.1 Å². The fourth-order valence-corrected chi connectivity index (χ4v) is 2.97. The van der Waals surface area contributed by atoms with Crippen molar-refractivity contribution < 1.29 is 19.1 Å². The Morgan fingerprint density at radius 1 is 1.29 bits per heavy atom. The molecule has 6 nitrogen and oxygen atoms in total.